The minimum absolute atomic E-state index is 0.0659. The predicted octanol–water partition coefficient (Wildman–Crippen LogP) is 3.88. The van der Waals surface area contributed by atoms with Crippen molar-refractivity contribution in [2.45, 2.75) is 11.6 Å². The molecule has 0 spiro atoms. The van der Waals surface area contributed by atoms with Crippen molar-refractivity contribution in [1.29, 1.82) is 0 Å². The molecule has 0 aliphatic rings. The van der Waals surface area contributed by atoms with E-state index in [2.05, 4.69) is 10.1 Å². The summed E-state index contributed by atoms with van der Waals surface area (Å²) in [5, 5.41) is 6.52. The fourth-order valence-corrected chi connectivity index (χ4v) is 3.05. The molecule has 112 valence electrons. The summed E-state index contributed by atoms with van der Waals surface area (Å²) >= 11 is 2.97. The number of aromatic nitrogens is 2. The number of carbonyl (C=O) groups excluding carboxylic acids is 1. The number of thiophene rings is 1. The molecule has 3 aromatic rings. The first-order valence-corrected chi connectivity index (χ1v) is 8.54. The molecular weight excluding hydrogens is 320 g/mol. The van der Waals surface area contributed by atoms with Gasteiger partial charge in [-0.3, -0.25) is 0 Å². The maximum Gasteiger partial charge on any atom is 0.341 e. The van der Waals surface area contributed by atoms with Crippen molar-refractivity contribution in [3.05, 3.63) is 53.2 Å². The van der Waals surface area contributed by atoms with Crippen molar-refractivity contribution in [1.82, 2.24) is 10.1 Å². The van der Waals surface area contributed by atoms with Gasteiger partial charge in [-0.05, 0) is 29.8 Å². The fourth-order valence-electron chi connectivity index (χ4n) is 1.84. The maximum atomic E-state index is 12.1. The van der Waals surface area contributed by atoms with Crippen LogP contribution in [-0.2, 0) is 11.3 Å². The number of ether oxygens (including phenoxy) is 1. The quantitative estimate of drug-likeness (QED) is 0.522. The highest BCUT2D eigenvalue weighted by atomic mass is 32.2. The van der Waals surface area contributed by atoms with E-state index in [1.807, 2.05) is 23.8 Å². The van der Waals surface area contributed by atoms with Gasteiger partial charge in [0.1, 0.15) is 17.3 Å². The first kappa shape index (κ1) is 14.8. The molecule has 0 N–H and O–H groups in total. The normalized spacial score (nSPS) is 10.6. The van der Waals surface area contributed by atoms with Crippen LogP contribution < -0.4 is 0 Å². The minimum Gasteiger partial charge on any atom is -0.455 e. The first-order chi connectivity index (χ1) is 10.8. The maximum absolute atomic E-state index is 12.1. The molecule has 3 rings (SSSR count). The molecule has 3 heterocycles. The highest BCUT2D eigenvalue weighted by molar-refractivity contribution is 7.98. The predicted molar refractivity (Wildman–Crippen MR) is 85.0 cm³/mol. The Hall–Kier alpha value is -2.12. The number of pyridine rings is 1. The van der Waals surface area contributed by atoms with E-state index in [0.717, 1.165) is 4.88 Å². The van der Waals surface area contributed by atoms with E-state index in [1.54, 1.807) is 35.7 Å². The molecule has 0 amide bonds. The highest BCUT2D eigenvalue weighted by Gasteiger charge is 2.15. The van der Waals surface area contributed by atoms with Crippen LogP contribution >= 0.6 is 23.1 Å². The molecule has 7 heteroatoms. The SMILES string of the molecule is CSc1ncccc1C(=O)OCc1cc(-c2cccs2)on1. The lowest BCUT2D eigenvalue weighted by Gasteiger charge is -2.05. The van der Waals surface area contributed by atoms with Crippen molar-refractivity contribution in [3.63, 3.8) is 0 Å². The van der Waals surface area contributed by atoms with Crippen molar-refractivity contribution in [2.75, 3.05) is 6.26 Å². The Kier molecular flexibility index (Phi) is 4.55. The molecule has 0 aromatic carbocycles. The van der Waals surface area contributed by atoms with Gasteiger partial charge in [-0.2, -0.15) is 0 Å². The number of esters is 1. The zero-order chi connectivity index (χ0) is 15.4. The lowest BCUT2D eigenvalue weighted by molar-refractivity contribution is 0.0459. The van der Waals surface area contributed by atoms with Crippen LogP contribution in [0.4, 0.5) is 0 Å². The van der Waals surface area contributed by atoms with Crippen molar-refractivity contribution >= 4 is 29.1 Å². The van der Waals surface area contributed by atoms with E-state index in [9.17, 15) is 4.79 Å². The molecule has 0 aliphatic heterocycles. The van der Waals surface area contributed by atoms with Crippen molar-refractivity contribution in [3.8, 4) is 10.6 Å². The van der Waals surface area contributed by atoms with E-state index < -0.39 is 5.97 Å². The van der Waals surface area contributed by atoms with Crippen LogP contribution in [0.15, 0.2) is 51.5 Å². The Balaban J connectivity index is 1.66. The van der Waals surface area contributed by atoms with Crippen LogP contribution in [0.5, 0.6) is 0 Å². The average molecular weight is 332 g/mol. The Bertz CT molecular complexity index is 769. The van der Waals surface area contributed by atoms with Gasteiger partial charge in [-0.15, -0.1) is 23.1 Å². The summed E-state index contributed by atoms with van der Waals surface area (Å²) in [5.41, 5.74) is 1.03. The summed E-state index contributed by atoms with van der Waals surface area (Å²) in [6.45, 7) is 0.0659. The second kappa shape index (κ2) is 6.76. The van der Waals surface area contributed by atoms with E-state index in [4.69, 9.17) is 9.26 Å². The number of hydrogen-bond acceptors (Lipinski definition) is 7. The summed E-state index contributed by atoms with van der Waals surface area (Å²) in [6.07, 6.45) is 3.51. The molecule has 0 aliphatic carbocycles. The number of rotatable bonds is 5. The van der Waals surface area contributed by atoms with E-state index in [1.165, 1.54) is 11.8 Å². The molecule has 0 atom stereocenters. The summed E-state index contributed by atoms with van der Waals surface area (Å²) in [4.78, 5) is 17.2. The second-order valence-corrected chi connectivity index (χ2v) is 6.04. The first-order valence-electron chi connectivity index (χ1n) is 6.43. The van der Waals surface area contributed by atoms with Crippen molar-refractivity contribution in [2.24, 2.45) is 0 Å². The molecule has 0 unspecified atom stereocenters. The molecule has 5 nitrogen and oxygen atoms in total. The number of hydrogen-bond donors (Lipinski definition) is 0. The summed E-state index contributed by atoms with van der Waals surface area (Å²) in [7, 11) is 0. The van der Waals surface area contributed by atoms with Crippen LogP contribution in [0, 0.1) is 0 Å². The van der Waals surface area contributed by atoms with Gasteiger partial charge in [0, 0.05) is 12.3 Å². The number of nitrogens with zero attached hydrogens (tertiary/aromatic N) is 2. The zero-order valence-electron chi connectivity index (χ0n) is 11.7. The fraction of sp³-hybridized carbons (Fsp3) is 0.133. The van der Waals surface area contributed by atoms with Gasteiger partial charge in [-0.1, -0.05) is 11.2 Å². The van der Waals surface area contributed by atoms with Crippen LogP contribution in [0.3, 0.4) is 0 Å². The summed E-state index contributed by atoms with van der Waals surface area (Å²) in [6, 6.07) is 9.07. The molecule has 0 saturated carbocycles. The molecule has 0 fully saturated rings. The van der Waals surface area contributed by atoms with Gasteiger partial charge < -0.3 is 9.26 Å². The van der Waals surface area contributed by atoms with Crippen LogP contribution in [0.1, 0.15) is 16.1 Å². The van der Waals surface area contributed by atoms with Gasteiger partial charge in [-0.25, -0.2) is 9.78 Å². The lowest BCUT2D eigenvalue weighted by Crippen LogP contribution is -2.07. The Morgan fingerprint density at radius 3 is 3.09 bits per heavy atom. The van der Waals surface area contributed by atoms with Crippen LogP contribution in [0.2, 0.25) is 0 Å². The van der Waals surface area contributed by atoms with Gasteiger partial charge in [0.25, 0.3) is 0 Å². The molecule has 3 aromatic heterocycles. The Morgan fingerprint density at radius 1 is 1.41 bits per heavy atom. The number of thioether (sulfide) groups is 1. The summed E-state index contributed by atoms with van der Waals surface area (Å²) < 4.78 is 10.5. The van der Waals surface area contributed by atoms with Gasteiger partial charge >= 0.3 is 5.97 Å². The molecule has 0 radical (unpaired) electrons. The van der Waals surface area contributed by atoms with E-state index in [0.29, 0.717) is 22.0 Å². The minimum atomic E-state index is -0.418. The smallest absolute Gasteiger partial charge is 0.341 e. The Labute approximate surface area is 135 Å². The molecule has 0 saturated heterocycles. The summed E-state index contributed by atoms with van der Waals surface area (Å²) in [5.74, 6) is 0.255. The van der Waals surface area contributed by atoms with Crippen molar-refractivity contribution < 1.29 is 14.1 Å². The van der Waals surface area contributed by atoms with E-state index >= 15 is 0 Å². The second-order valence-electron chi connectivity index (χ2n) is 4.30. The third-order valence-electron chi connectivity index (χ3n) is 2.86. The number of carbonyl (C=O) groups is 1. The largest absolute Gasteiger partial charge is 0.455 e. The molecular formula is C15H12N2O3S2. The molecule has 0 bridgehead atoms. The topological polar surface area (TPSA) is 65.2 Å². The average Bonchev–Trinajstić information content (AvgIpc) is 3.23. The highest BCUT2D eigenvalue weighted by Crippen LogP contribution is 2.25. The monoisotopic (exact) mass is 332 g/mol. The Morgan fingerprint density at radius 2 is 2.32 bits per heavy atom. The van der Waals surface area contributed by atoms with Gasteiger partial charge in [0.15, 0.2) is 5.76 Å². The van der Waals surface area contributed by atoms with Gasteiger partial charge in [0.05, 0.1) is 10.4 Å². The zero-order valence-corrected chi connectivity index (χ0v) is 13.3. The van der Waals surface area contributed by atoms with Crippen LogP contribution in [-0.4, -0.2) is 22.4 Å². The van der Waals surface area contributed by atoms with E-state index in [-0.39, 0.29) is 6.61 Å². The van der Waals surface area contributed by atoms with Crippen LogP contribution in [0.25, 0.3) is 10.6 Å². The molecule has 22 heavy (non-hydrogen) atoms. The third-order valence-corrected chi connectivity index (χ3v) is 4.45. The third kappa shape index (κ3) is 3.20. The standard InChI is InChI=1S/C15H12N2O3S2/c1-21-14-11(4-2-6-16-14)15(18)19-9-10-8-12(20-17-10)13-5-3-7-22-13/h2-8H,9H2,1H3. The lowest BCUT2D eigenvalue weighted by atomic mass is 10.3. The van der Waals surface area contributed by atoms with Gasteiger partial charge in [0.2, 0.25) is 0 Å².